The van der Waals surface area contributed by atoms with Gasteiger partial charge in [0, 0.05) is 12.5 Å². The number of carbonyl (C=O) groups excluding carboxylic acids is 3. The van der Waals surface area contributed by atoms with Crippen molar-refractivity contribution in [2.24, 2.45) is 5.92 Å². The summed E-state index contributed by atoms with van der Waals surface area (Å²) in [6.07, 6.45) is 0.898. The number of Topliss-reactive ketones (excluding diaryl/α,β-unsaturated/α-hetero) is 1. The molecule has 1 N–H and O–H groups in total. The lowest BCUT2D eigenvalue weighted by atomic mass is 9.71. The number of benzene rings is 1. The van der Waals surface area contributed by atoms with Gasteiger partial charge in [0.15, 0.2) is 17.3 Å². The van der Waals surface area contributed by atoms with Gasteiger partial charge in [0.2, 0.25) is 0 Å². The molecule has 0 radical (unpaired) electrons. The van der Waals surface area contributed by atoms with E-state index in [0.29, 0.717) is 5.56 Å². The van der Waals surface area contributed by atoms with Gasteiger partial charge in [0.05, 0.1) is 20.1 Å². The summed E-state index contributed by atoms with van der Waals surface area (Å²) in [5.74, 6) is -3.23. The fraction of sp³-hybridized carbons (Fsp3) is 0.353. The molecule has 7 nitrogen and oxygen atoms in total. The van der Waals surface area contributed by atoms with Gasteiger partial charge in [-0.15, -0.1) is 0 Å². The SMILES string of the molecule is COC(=O)[C@]12Oc3cc(C)cc(O)c3C(=O)[C@H]1CC(=O)C=C2OC. The molecule has 0 bridgehead atoms. The van der Waals surface area contributed by atoms with Crippen molar-refractivity contribution in [3.63, 3.8) is 0 Å². The molecule has 0 fully saturated rings. The number of aromatic hydroxyl groups is 1. The third-order valence-electron chi connectivity index (χ3n) is 4.32. The average Bonchev–Trinajstić information content (AvgIpc) is 2.53. The Morgan fingerprint density at radius 2 is 2.04 bits per heavy atom. The first-order valence-electron chi connectivity index (χ1n) is 7.29. The van der Waals surface area contributed by atoms with Crippen LogP contribution in [0, 0.1) is 12.8 Å². The number of allylic oxidation sites excluding steroid dienone is 1. The zero-order chi connectivity index (χ0) is 17.6. The summed E-state index contributed by atoms with van der Waals surface area (Å²) < 4.78 is 15.9. The number of hydrogen-bond acceptors (Lipinski definition) is 7. The molecule has 1 aliphatic carbocycles. The summed E-state index contributed by atoms with van der Waals surface area (Å²) >= 11 is 0. The number of ketones is 2. The molecular weight excluding hydrogens is 316 g/mol. The predicted molar refractivity (Wildman–Crippen MR) is 80.8 cm³/mol. The number of aryl methyl sites for hydroxylation is 1. The van der Waals surface area contributed by atoms with Crippen molar-refractivity contribution in [3.8, 4) is 11.5 Å². The number of methoxy groups -OCH3 is 2. The van der Waals surface area contributed by atoms with Crippen molar-refractivity contribution in [3.05, 3.63) is 35.1 Å². The Morgan fingerprint density at radius 3 is 2.67 bits per heavy atom. The molecule has 126 valence electrons. The maximum Gasteiger partial charge on any atom is 0.359 e. The van der Waals surface area contributed by atoms with E-state index in [9.17, 15) is 19.5 Å². The number of carbonyl (C=O) groups is 3. The van der Waals surface area contributed by atoms with E-state index in [1.54, 1.807) is 6.92 Å². The van der Waals surface area contributed by atoms with Crippen LogP contribution in [0.25, 0.3) is 0 Å². The van der Waals surface area contributed by atoms with Gasteiger partial charge in [-0.3, -0.25) is 9.59 Å². The Hall–Kier alpha value is -2.83. The lowest BCUT2D eigenvalue weighted by molar-refractivity contribution is -0.164. The molecule has 1 heterocycles. The van der Waals surface area contributed by atoms with Gasteiger partial charge in [-0.1, -0.05) is 0 Å². The molecule has 0 amide bonds. The fourth-order valence-corrected chi connectivity index (χ4v) is 3.28. The predicted octanol–water partition coefficient (Wildman–Crippen LogP) is 1.31. The molecule has 1 aromatic rings. The van der Waals surface area contributed by atoms with E-state index >= 15 is 0 Å². The van der Waals surface area contributed by atoms with Crippen LogP contribution in [-0.4, -0.2) is 42.5 Å². The standard InChI is InChI=1S/C17H16O7/c1-8-4-11(19)14-12(5-8)24-17(16(21)23-3)10(15(14)20)6-9(18)7-13(17)22-2/h4-5,7,10,19H,6H2,1-3H3/t10-,17+/m1/s1. The summed E-state index contributed by atoms with van der Waals surface area (Å²) in [6.45, 7) is 1.71. The third kappa shape index (κ3) is 2.01. The van der Waals surface area contributed by atoms with E-state index in [4.69, 9.17) is 14.2 Å². The van der Waals surface area contributed by atoms with Crippen molar-refractivity contribution in [2.45, 2.75) is 18.9 Å². The van der Waals surface area contributed by atoms with Crippen LogP contribution in [0.4, 0.5) is 0 Å². The normalized spacial score (nSPS) is 25.1. The summed E-state index contributed by atoms with van der Waals surface area (Å²) in [6, 6.07) is 2.96. The van der Waals surface area contributed by atoms with Crippen molar-refractivity contribution in [2.75, 3.05) is 14.2 Å². The van der Waals surface area contributed by atoms with Crippen LogP contribution in [0.3, 0.4) is 0 Å². The number of rotatable bonds is 2. The highest BCUT2D eigenvalue weighted by atomic mass is 16.6. The second-order valence-electron chi connectivity index (χ2n) is 5.79. The number of ether oxygens (including phenoxy) is 3. The molecular formula is C17H16O7. The van der Waals surface area contributed by atoms with Crippen LogP contribution < -0.4 is 4.74 Å². The van der Waals surface area contributed by atoms with Crippen LogP contribution in [0.1, 0.15) is 22.3 Å². The van der Waals surface area contributed by atoms with Crippen LogP contribution in [0.2, 0.25) is 0 Å². The van der Waals surface area contributed by atoms with E-state index in [2.05, 4.69) is 0 Å². The Labute approximate surface area is 137 Å². The molecule has 2 aliphatic rings. The molecule has 0 saturated heterocycles. The van der Waals surface area contributed by atoms with E-state index < -0.39 is 23.3 Å². The number of fused-ring (bicyclic) bond motifs is 2. The van der Waals surface area contributed by atoms with E-state index in [1.807, 2.05) is 0 Å². The lowest BCUT2D eigenvalue weighted by Crippen LogP contribution is -2.60. The maximum atomic E-state index is 12.9. The van der Waals surface area contributed by atoms with Gasteiger partial charge in [-0.25, -0.2) is 4.79 Å². The number of phenolic OH excluding ortho intramolecular Hbond substituents is 1. The van der Waals surface area contributed by atoms with Crippen molar-refractivity contribution in [1.29, 1.82) is 0 Å². The minimum atomic E-state index is -1.87. The number of phenols is 1. The second-order valence-corrected chi connectivity index (χ2v) is 5.79. The summed E-state index contributed by atoms with van der Waals surface area (Å²) in [4.78, 5) is 37.4. The molecule has 0 saturated carbocycles. The Balaban J connectivity index is 2.30. The average molecular weight is 332 g/mol. The van der Waals surface area contributed by atoms with E-state index in [0.717, 1.165) is 13.2 Å². The smallest absolute Gasteiger partial charge is 0.359 e. The summed E-state index contributed by atoms with van der Waals surface area (Å²) in [7, 11) is 2.44. The van der Waals surface area contributed by atoms with E-state index in [1.165, 1.54) is 19.2 Å². The number of esters is 1. The molecule has 0 aromatic heterocycles. The first-order valence-corrected chi connectivity index (χ1v) is 7.29. The topological polar surface area (TPSA) is 99.1 Å². The Morgan fingerprint density at radius 1 is 1.33 bits per heavy atom. The van der Waals surface area contributed by atoms with Crippen LogP contribution in [0.5, 0.6) is 11.5 Å². The highest BCUT2D eigenvalue weighted by molar-refractivity contribution is 6.12. The van der Waals surface area contributed by atoms with Crippen LogP contribution in [-0.2, 0) is 19.1 Å². The zero-order valence-electron chi connectivity index (χ0n) is 13.4. The lowest BCUT2D eigenvalue weighted by Gasteiger charge is -2.43. The van der Waals surface area contributed by atoms with Crippen molar-refractivity contribution < 1.29 is 33.7 Å². The zero-order valence-corrected chi connectivity index (χ0v) is 13.4. The minimum absolute atomic E-state index is 0.0460. The molecule has 7 heteroatoms. The van der Waals surface area contributed by atoms with Gasteiger partial charge in [0.1, 0.15) is 17.1 Å². The van der Waals surface area contributed by atoms with Gasteiger partial charge >= 0.3 is 5.97 Å². The van der Waals surface area contributed by atoms with Crippen LogP contribution >= 0.6 is 0 Å². The van der Waals surface area contributed by atoms with Crippen molar-refractivity contribution in [1.82, 2.24) is 0 Å². The molecule has 0 unspecified atom stereocenters. The first-order chi connectivity index (χ1) is 11.3. The highest BCUT2D eigenvalue weighted by Crippen LogP contribution is 2.48. The van der Waals surface area contributed by atoms with Crippen molar-refractivity contribution >= 4 is 17.5 Å². The van der Waals surface area contributed by atoms with Gasteiger partial charge in [-0.2, -0.15) is 0 Å². The summed E-state index contributed by atoms with van der Waals surface area (Å²) in [5.41, 5.74) is -1.27. The molecule has 1 aromatic carbocycles. The van der Waals surface area contributed by atoms with Gasteiger partial charge in [0.25, 0.3) is 5.60 Å². The quantitative estimate of drug-likeness (QED) is 0.815. The molecule has 1 aliphatic heterocycles. The number of hydrogen-bond donors (Lipinski definition) is 1. The molecule has 2 atom stereocenters. The maximum absolute atomic E-state index is 12.9. The Kier molecular flexibility index (Phi) is 3.59. The summed E-state index contributed by atoms with van der Waals surface area (Å²) in [5, 5.41) is 10.1. The molecule has 24 heavy (non-hydrogen) atoms. The monoisotopic (exact) mass is 332 g/mol. The first kappa shape index (κ1) is 16.0. The second kappa shape index (κ2) is 5.36. The van der Waals surface area contributed by atoms with E-state index in [-0.39, 0.29) is 35.0 Å². The molecule has 3 rings (SSSR count). The molecule has 0 spiro atoms. The third-order valence-corrected chi connectivity index (χ3v) is 4.32. The Bertz CT molecular complexity index is 792. The largest absolute Gasteiger partial charge is 0.507 e. The van der Waals surface area contributed by atoms with Gasteiger partial charge < -0.3 is 19.3 Å². The van der Waals surface area contributed by atoms with Crippen LogP contribution in [0.15, 0.2) is 24.0 Å². The fourth-order valence-electron chi connectivity index (χ4n) is 3.28. The minimum Gasteiger partial charge on any atom is -0.507 e. The van der Waals surface area contributed by atoms with Gasteiger partial charge in [-0.05, 0) is 24.6 Å². The highest BCUT2D eigenvalue weighted by Gasteiger charge is 2.62.